The van der Waals surface area contributed by atoms with E-state index in [4.69, 9.17) is 4.98 Å². The predicted molar refractivity (Wildman–Crippen MR) is 97.0 cm³/mol. The van der Waals surface area contributed by atoms with Crippen molar-refractivity contribution in [2.45, 2.75) is 32.2 Å². The molecule has 1 aliphatic rings. The summed E-state index contributed by atoms with van der Waals surface area (Å²) in [5.41, 5.74) is 1.55. The third kappa shape index (κ3) is 2.89. The number of amides is 1. The van der Waals surface area contributed by atoms with Crippen LogP contribution in [0.15, 0.2) is 43.0 Å². The van der Waals surface area contributed by atoms with E-state index in [2.05, 4.69) is 17.0 Å². The molecule has 0 spiro atoms. The number of nitrogens with zero attached hydrogens (tertiary/aromatic N) is 6. The third-order valence-corrected chi connectivity index (χ3v) is 4.84. The molecule has 26 heavy (non-hydrogen) atoms. The topological polar surface area (TPSA) is 68.8 Å². The van der Waals surface area contributed by atoms with Crippen molar-refractivity contribution >= 4 is 5.91 Å². The Morgan fingerprint density at radius 1 is 1.35 bits per heavy atom. The number of hydrogen-bond donors (Lipinski definition) is 0. The number of aryl methyl sites for hydroxylation is 2. The second kappa shape index (κ2) is 6.74. The van der Waals surface area contributed by atoms with E-state index >= 15 is 0 Å². The van der Waals surface area contributed by atoms with E-state index in [1.165, 1.54) is 0 Å². The lowest BCUT2D eigenvalue weighted by atomic mass is 10.1. The maximum absolute atomic E-state index is 12.9. The molecule has 0 aromatic carbocycles. The zero-order valence-electron chi connectivity index (χ0n) is 15.0. The normalized spacial score (nSPS) is 17.0. The summed E-state index contributed by atoms with van der Waals surface area (Å²) < 4.78 is 3.66. The van der Waals surface area contributed by atoms with Gasteiger partial charge in [-0.25, -0.2) is 9.97 Å². The Bertz CT molecular complexity index is 928. The molecule has 1 fully saturated rings. The minimum atomic E-state index is -0.00347. The SMILES string of the molecule is CCc1nccn1-c1cccc([C@@H]2CCCN2C(=O)c2cnn(C)c2)n1. The van der Waals surface area contributed by atoms with Crippen LogP contribution in [0.5, 0.6) is 0 Å². The first kappa shape index (κ1) is 16.5. The second-order valence-electron chi connectivity index (χ2n) is 6.55. The van der Waals surface area contributed by atoms with Gasteiger partial charge in [0.2, 0.25) is 0 Å². The van der Waals surface area contributed by atoms with Crippen molar-refractivity contribution in [2.75, 3.05) is 6.54 Å². The number of pyridine rings is 1. The highest BCUT2D eigenvalue weighted by molar-refractivity contribution is 5.94. The zero-order chi connectivity index (χ0) is 18.1. The van der Waals surface area contributed by atoms with Crippen molar-refractivity contribution in [3.63, 3.8) is 0 Å². The third-order valence-electron chi connectivity index (χ3n) is 4.84. The van der Waals surface area contributed by atoms with Gasteiger partial charge in [0, 0.05) is 38.6 Å². The molecule has 0 unspecified atom stereocenters. The van der Waals surface area contributed by atoms with Crippen LogP contribution in [-0.4, -0.2) is 41.7 Å². The lowest BCUT2D eigenvalue weighted by Crippen LogP contribution is -2.30. The average Bonchev–Trinajstić information content (AvgIpc) is 3.41. The number of imidazole rings is 1. The van der Waals surface area contributed by atoms with Crippen LogP contribution in [0.3, 0.4) is 0 Å². The molecule has 4 heterocycles. The van der Waals surface area contributed by atoms with E-state index in [-0.39, 0.29) is 11.9 Å². The minimum Gasteiger partial charge on any atom is -0.330 e. The van der Waals surface area contributed by atoms with Gasteiger partial charge in [-0.1, -0.05) is 13.0 Å². The molecule has 0 bridgehead atoms. The summed E-state index contributed by atoms with van der Waals surface area (Å²) in [6.07, 6.45) is 9.86. The van der Waals surface area contributed by atoms with Crippen LogP contribution >= 0.6 is 0 Å². The van der Waals surface area contributed by atoms with Crippen LogP contribution in [-0.2, 0) is 13.5 Å². The van der Waals surface area contributed by atoms with Crippen molar-refractivity contribution in [1.29, 1.82) is 0 Å². The Labute approximate surface area is 152 Å². The number of aromatic nitrogens is 5. The Morgan fingerprint density at radius 3 is 3.00 bits per heavy atom. The van der Waals surface area contributed by atoms with Gasteiger partial charge in [-0.2, -0.15) is 5.10 Å². The molecular formula is C19H22N6O. The van der Waals surface area contributed by atoms with Gasteiger partial charge in [-0.15, -0.1) is 0 Å². The fourth-order valence-electron chi connectivity index (χ4n) is 3.58. The molecule has 1 saturated heterocycles. The fraction of sp³-hybridized carbons (Fsp3) is 0.368. The Kier molecular flexibility index (Phi) is 4.28. The van der Waals surface area contributed by atoms with Crippen LogP contribution in [0.4, 0.5) is 0 Å². The van der Waals surface area contributed by atoms with E-state index in [9.17, 15) is 4.79 Å². The smallest absolute Gasteiger partial charge is 0.257 e. The zero-order valence-corrected chi connectivity index (χ0v) is 15.0. The Hall–Kier alpha value is -2.96. The molecule has 1 aliphatic heterocycles. The van der Waals surface area contributed by atoms with Gasteiger partial charge in [0.15, 0.2) is 0 Å². The van der Waals surface area contributed by atoms with Crippen LogP contribution in [0, 0.1) is 0 Å². The quantitative estimate of drug-likeness (QED) is 0.725. The molecule has 1 atom stereocenters. The summed E-state index contributed by atoms with van der Waals surface area (Å²) in [7, 11) is 1.82. The van der Waals surface area contributed by atoms with Crippen molar-refractivity contribution in [2.24, 2.45) is 7.05 Å². The number of likely N-dealkylation sites (tertiary alicyclic amines) is 1. The van der Waals surface area contributed by atoms with Crippen molar-refractivity contribution in [3.8, 4) is 5.82 Å². The average molecular weight is 350 g/mol. The Balaban J connectivity index is 1.64. The molecular weight excluding hydrogens is 328 g/mol. The molecule has 7 heteroatoms. The van der Waals surface area contributed by atoms with Gasteiger partial charge < -0.3 is 4.90 Å². The maximum atomic E-state index is 12.9. The van der Waals surface area contributed by atoms with E-state index in [0.717, 1.165) is 43.1 Å². The van der Waals surface area contributed by atoms with E-state index in [1.807, 2.05) is 40.9 Å². The molecule has 3 aromatic heterocycles. The summed E-state index contributed by atoms with van der Waals surface area (Å²) in [5.74, 6) is 1.84. The second-order valence-corrected chi connectivity index (χ2v) is 6.55. The molecule has 1 amide bonds. The predicted octanol–water partition coefficient (Wildman–Crippen LogP) is 2.54. The number of carbonyl (C=O) groups excluding carboxylic acids is 1. The molecule has 0 radical (unpaired) electrons. The monoisotopic (exact) mass is 350 g/mol. The number of hydrogen-bond acceptors (Lipinski definition) is 4. The van der Waals surface area contributed by atoms with E-state index in [0.29, 0.717) is 5.56 Å². The largest absolute Gasteiger partial charge is 0.330 e. The number of rotatable bonds is 4. The molecule has 3 aromatic rings. The van der Waals surface area contributed by atoms with E-state index in [1.54, 1.807) is 23.3 Å². The lowest BCUT2D eigenvalue weighted by Gasteiger charge is -2.24. The summed E-state index contributed by atoms with van der Waals surface area (Å²) in [4.78, 5) is 24.0. The molecule has 7 nitrogen and oxygen atoms in total. The van der Waals surface area contributed by atoms with Crippen molar-refractivity contribution < 1.29 is 4.79 Å². The van der Waals surface area contributed by atoms with Gasteiger partial charge >= 0.3 is 0 Å². The highest BCUT2D eigenvalue weighted by atomic mass is 16.2. The standard InChI is InChI=1S/C19H22N6O/c1-3-17-20-9-11-25(17)18-8-4-6-15(22-18)16-7-5-10-24(16)19(26)14-12-21-23(2)13-14/h4,6,8-9,11-13,16H,3,5,7,10H2,1-2H3/t16-/m0/s1. The van der Waals surface area contributed by atoms with Gasteiger partial charge in [0.25, 0.3) is 5.91 Å². The first-order valence-electron chi connectivity index (χ1n) is 8.96. The highest BCUT2D eigenvalue weighted by Crippen LogP contribution is 2.32. The van der Waals surface area contributed by atoms with Gasteiger partial charge in [-0.05, 0) is 25.0 Å². The van der Waals surface area contributed by atoms with Crippen LogP contribution in [0.1, 0.15) is 47.7 Å². The minimum absolute atomic E-state index is 0.00347. The molecule has 0 aliphatic carbocycles. The number of carbonyl (C=O) groups is 1. The first-order chi connectivity index (χ1) is 12.7. The van der Waals surface area contributed by atoms with Gasteiger partial charge in [0.05, 0.1) is 23.5 Å². The first-order valence-corrected chi connectivity index (χ1v) is 8.96. The van der Waals surface area contributed by atoms with Crippen molar-refractivity contribution in [1.82, 2.24) is 29.2 Å². The van der Waals surface area contributed by atoms with E-state index < -0.39 is 0 Å². The fourth-order valence-corrected chi connectivity index (χ4v) is 3.58. The lowest BCUT2D eigenvalue weighted by molar-refractivity contribution is 0.0733. The summed E-state index contributed by atoms with van der Waals surface area (Å²) >= 11 is 0. The summed E-state index contributed by atoms with van der Waals surface area (Å²) in [6.45, 7) is 2.82. The highest BCUT2D eigenvalue weighted by Gasteiger charge is 2.32. The van der Waals surface area contributed by atoms with Crippen LogP contribution < -0.4 is 0 Å². The van der Waals surface area contributed by atoms with Crippen molar-refractivity contribution in [3.05, 3.63) is 60.1 Å². The van der Waals surface area contributed by atoms with Crippen LogP contribution in [0.25, 0.3) is 5.82 Å². The summed E-state index contributed by atoms with van der Waals surface area (Å²) in [5, 5.41) is 4.12. The molecule has 134 valence electrons. The molecule has 0 N–H and O–H groups in total. The molecule has 4 rings (SSSR count). The summed E-state index contributed by atoms with van der Waals surface area (Å²) in [6, 6.07) is 5.98. The van der Waals surface area contributed by atoms with Gasteiger partial charge in [0.1, 0.15) is 11.6 Å². The Morgan fingerprint density at radius 2 is 2.23 bits per heavy atom. The molecule has 0 saturated carbocycles. The maximum Gasteiger partial charge on any atom is 0.257 e. The van der Waals surface area contributed by atoms with Crippen LogP contribution in [0.2, 0.25) is 0 Å². The van der Waals surface area contributed by atoms with Gasteiger partial charge in [-0.3, -0.25) is 14.0 Å².